The van der Waals surface area contributed by atoms with Crippen LogP contribution in [0.1, 0.15) is 21.7 Å². The van der Waals surface area contributed by atoms with Gasteiger partial charge in [-0.3, -0.25) is 19.8 Å². The monoisotopic (exact) mass is 402 g/mol. The summed E-state index contributed by atoms with van der Waals surface area (Å²) >= 11 is 0. The Morgan fingerprint density at radius 2 is 1.90 bits per heavy atom. The molecule has 4 amide bonds. The van der Waals surface area contributed by atoms with Crippen LogP contribution in [0.25, 0.3) is 0 Å². The summed E-state index contributed by atoms with van der Waals surface area (Å²) in [6.07, 6.45) is 1.50. The molecule has 1 aliphatic heterocycles. The van der Waals surface area contributed by atoms with Gasteiger partial charge in [-0.15, -0.1) is 0 Å². The van der Waals surface area contributed by atoms with E-state index in [0.29, 0.717) is 43.1 Å². The normalized spacial score (nSPS) is 14.5. The Bertz CT molecular complexity index is 877. The number of aryl methyl sites for hydroxylation is 1. The van der Waals surface area contributed by atoms with Crippen LogP contribution in [-0.4, -0.2) is 60.4 Å². The topological polar surface area (TPSA) is 94.9 Å². The third-order valence-corrected chi connectivity index (χ3v) is 4.70. The van der Waals surface area contributed by atoms with E-state index in [4.69, 9.17) is 4.42 Å². The van der Waals surface area contributed by atoms with Crippen molar-refractivity contribution in [2.24, 2.45) is 0 Å². The lowest BCUT2D eigenvalue weighted by Gasteiger charge is -2.34. The summed E-state index contributed by atoms with van der Waals surface area (Å²) in [7, 11) is 0. The molecule has 3 rings (SSSR count). The van der Waals surface area contributed by atoms with Gasteiger partial charge in [0.2, 0.25) is 5.91 Å². The molecule has 2 N–H and O–H groups in total. The molecule has 0 aliphatic carbocycles. The molecular formula is C20H23FN4O4. The van der Waals surface area contributed by atoms with Crippen molar-refractivity contribution in [3.8, 4) is 0 Å². The molecule has 29 heavy (non-hydrogen) atoms. The molecule has 2 heterocycles. The Morgan fingerprint density at radius 1 is 1.14 bits per heavy atom. The van der Waals surface area contributed by atoms with Gasteiger partial charge in [-0.05, 0) is 36.8 Å². The molecule has 1 aromatic heterocycles. The number of urea groups is 1. The van der Waals surface area contributed by atoms with Gasteiger partial charge in [-0.25, -0.2) is 9.18 Å². The van der Waals surface area contributed by atoms with E-state index in [2.05, 4.69) is 10.6 Å². The lowest BCUT2D eigenvalue weighted by molar-refractivity contribution is -0.121. The van der Waals surface area contributed by atoms with Crippen LogP contribution in [0.15, 0.2) is 41.0 Å². The number of nitrogens with one attached hydrogen (secondary N) is 2. The molecule has 1 aliphatic rings. The van der Waals surface area contributed by atoms with Crippen LogP contribution in [-0.2, 0) is 11.3 Å². The number of hydrogen-bond donors (Lipinski definition) is 2. The van der Waals surface area contributed by atoms with Crippen molar-refractivity contribution in [1.29, 1.82) is 0 Å². The number of piperazine rings is 1. The Kier molecular flexibility index (Phi) is 6.61. The Labute approximate surface area is 167 Å². The number of imide groups is 1. The number of halogens is 1. The molecule has 9 heteroatoms. The van der Waals surface area contributed by atoms with Gasteiger partial charge in [0.05, 0.1) is 19.4 Å². The second kappa shape index (κ2) is 9.33. The molecule has 0 saturated carbocycles. The highest BCUT2D eigenvalue weighted by Gasteiger charge is 2.24. The van der Waals surface area contributed by atoms with Crippen molar-refractivity contribution in [3.05, 3.63) is 59.3 Å². The largest absolute Gasteiger partial charge is 0.467 e. The second-order valence-electron chi connectivity index (χ2n) is 6.84. The van der Waals surface area contributed by atoms with E-state index < -0.39 is 17.8 Å². The van der Waals surface area contributed by atoms with Crippen molar-refractivity contribution in [2.75, 3.05) is 32.7 Å². The molecule has 1 fully saturated rings. The van der Waals surface area contributed by atoms with E-state index >= 15 is 0 Å². The highest BCUT2D eigenvalue weighted by atomic mass is 19.1. The molecular weight excluding hydrogens is 379 g/mol. The van der Waals surface area contributed by atoms with Gasteiger partial charge >= 0.3 is 6.03 Å². The van der Waals surface area contributed by atoms with Crippen LogP contribution in [0.5, 0.6) is 0 Å². The van der Waals surface area contributed by atoms with Gasteiger partial charge in [0.1, 0.15) is 11.6 Å². The molecule has 0 radical (unpaired) electrons. The fraction of sp³-hybridized carbons (Fsp3) is 0.350. The number of nitrogens with zero attached hydrogens (tertiary/aromatic N) is 2. The minimum absolute atomic E-state index is 0.0510. The highest BCUT2D eigenvalue weighted by molar-refractivity contribution is 5.95. The number of carbonyl (C=O) groups excluding carboxylic acids is 3. The van der Waals surface area contributed by atoms with Crippen molar-refractivity contribution in [1.82, 2.24) is 20.4 Å². The molecule has 1 saturated heterocycles. The minimum atomic E-state index is -0.596. The van der Waals surface area contributed by atoms with Gasteiger partial charge in [0.25, 0.3) is 5.91 Å². The first-order valence-corrected chi connectivity index (χ1v) is 9.30. The van der Waals surface area contributed by atoms with Gasteiger partial charge < -0.3 is 14.6 Å². The quantitative estimate of drug-likeness (QED) is 0.791. The summed E-state index contributed by atoms with van der Waals surface area (Å²) in [4.78, 5) is 39.8. The molecule has 8 nitrogen and oxygen atoms in total. The lowest BCUT2D eigenvalue weighted by Crippen LogP contribution is -2.52. The minimum Gasteiger partial charge on any atom is -0.467 e. The predicted octanol–water partition coefficient (Wildman–Crippen LogP) is 1.51. The van der Waals surface area contributed by atoms with Crippen LogP contribution in [0.4, 0.5) is 9.18 Å². The fourth-order valence-corrected chi connectivity index (χ4v) is 3.01. The Balaban J connectivity index is 1.40. The maximum absolute atomic E-state index is 13.7. The van der Waals surface area contributed by atoms with Gasteiger partial charge in [0, 0.05) is 31.7 Å². The SMILES string of the molecule is Cc1ccc(C(=O)N2CCN(CC(=O)NC(=O)NCc3ccco3)CC2)cc1F. The summed E-state index contributed by atoms with van der Waals surface area (Å²) in [5.74, 6) is -0.481. The molecule has 0 bridgehead atoms. The van der Waals surface area contributed by atoms with Crippen LogP contribution in [0, 0.1) is 12.7 Å². The first-order chi connectivity index (χ1) is 13.9. The number of carbonyl (C=O) groups is 3. The maximum atomic E-state index is 13.7. The molecule has 154 valence electrons. The molecule has 0 spiro atoms. The van der Waals surface area contributed by atoms with Crippen molar-refractivity contribution in [3.63, 3.8) is 0 Å². The Hall–Kier alpha value is -3.20. The number of hydrogen-bond acceptors (Lipinski definition) is 5. The summed E-state index contributed by atoms with van der Waals surface area (Å²) in [6, 6.07) is 7.27. The first-order valence-electron chi connectivity index (χ1n) is 9.30. The zero-order valence-electron chi connectivity index (χ0n) is 16.1. The summed E-state index contributed by atoms with van der Waals surface area (Å²) in [6.45, 7) is 3.70. The third kappa shape index (κ3) is 5.64. The van der Waals surface area contributed by atoms with Crippen LogP contribution in [0.3, 0.4) is 0 Å². The number of rotatable bonds is 5. The van der Waals surface area contributed by atoms with Crippen molar-refractivity contribution < 1.29 is 23.2 Å². The molecule has 1 aromatic carbocycles. The van der Waals surface area contributed by atoms with Crippen LogP contribution >= 0.6 is 0 Å². The van der Waals surface area contributed by atoms with E-state index in [1.54, 1.807) is 36.1 Å². The zero-order valence-corrected chi connectivity index (χ0v) is 16.1. The second-order valence-corrected chi connectivity index (χ2v) is 6.84. The summed E-state index contributed by atoms with van der Waals surface area (Å²) in [5.41, 5.74) is 0.804. The van der Waals surface area contributed by atoms with E-state index in [1.165, 1.54) is 12.3 Å². The van der Waals surface area contributed by atoms with Crippen LogP contribution < -0.4 is 10.6 Å². The smallest absolute Gasteiger partial charge is 0.321 e. The predicted molar refractivity (Wildman–Crippen MR) is 103 cm³/mol. The van der Waals surface area contributed by atoms with Gasteiger partial charge in [0.15, 0.2) is 0 Å². The van der Waals surface area contributed by atoms with Crippen molar-refractivity contribution in [2.45, 2.75) is 13.5 Å². The summed E-state index contributed by atoms with van der Waals surface area (Å²) < 4.78 is 18.8. The number of amides is 4. The van der Waals surface area contributed by atoms with E-state index in [1.807, 2.05) is 4.90 Å². The number of furan rings is 1. The van der Waals surface area contributed by atoms with E-state index in [9.17, 15) is 18.8 Å². The van der Waals surface area contributed by atoms with E-state index in [0.717, 1.165) is 0 Å². The van der Waals surface area contributed by atoms with Gasteiger partial charge in [-0.1, -0.05) is 6.07 Å². The standard InChI is InChI=1S/C20H23FN4O4/c1-14-4-5-15(11-17(14)21)19(27)25-8-6-24(7-9-25)13-18(26)23-20(28)22-12-16-3-2-10-29-16/h2-5,10-11H,6-9,12-13H2,1H3,(H2,22,23,26,28). The summed E-state index contributed by atoms with van der Waals surface area (Å²) in [5, 5.41) is 4.80. The van der Waals surface area contributed by atoms with E-state index in [-0.39, 0.29) is 19.0 Å². The van der Waals surface area contributed by atoms with Gasteiger partial charge in [-0.2, -0.15) is 0 Å². The maximum Gasteiger partial charge on any atom is 0.321 e. The molecule has 0 atom stereocenters. The molecule has 2 aromatic rings. The molecule has 0 unspecified atom stereocenters. The highest BCUT2D eigenvalue weighted by Crippen LogP contribution is 2.13. The average Bonchev–Trinajstić information content (AvgIpc) is 3.22. The van der Waals surface area contributed by atoms with Crippen LogP contribution in [0.2, 0.25) is 0 Å². The average molecular weight is 402 g/mol. The van der Waals surface area contributed by atoms with Crippen molar-refractivity contribution >= 4 is 17.8 Å². The Morgan fingerprint density at radius 3 is 2.55 bits per heavy atom. The number of benzene rings is 1. The fourth-order valence-electron chi connectivity index (χ4n) is 3.01. The first kappa shape index (κ1) is 20.5. The third-order valence-electron chi connectivity index (χ3n) is 4.70. The zero-order chi connectivity index (χ0) is 20.8. The lowest BCUT2D eigenvalue weighted by atomic mass is 10.1.